The van der Waals surface area contributed by atoms with Crippen LogP contribution in [0.2, 0.25) is 0 Å². The van der Waals surface area contributed by atoms with E-state index in [1.807, 2.05) is 54.6 Å². The molecule has 0 amide bonds. The zero-order valence-electron chi connectivity index (χ0n) is 22.0. The summed E-state index contributed by atoms with van der Waals surface area (Å²) in [5, 5.41) is 0. The van der Waals surface area contributed by atoms with Crippen LogP contribution >= 0.6 is 11.8 Å². The van der Waals surface area contributed by atoms with Gasteiger partial charge in [-0.15, -0.1) is 18.3 Å². The fourth-order valence-corrected chi connectivity index (χ4v) is 5.43. The standard InChI is InChI=1S/C32H38O5S/c1-3-20-34-30-29(35-22-26-16-10-6-11-17-26)28(24-33-21-25-14-8-5-9-15-25)37-32(38-4-2)31(30)36-23-27-18-12-7-13-19-27/h3,5-19,28-32H,1,4,20-24H2,2H3/t28-,29+,30+,31-,32+/m1/s1. The molecule has 0 spiro atoms. The molecule has 0 radical (unpaired) electrons. The molecule has 1 fully saturated rings. The number of hydrogen-bond acceptors (Lipinski definition) is 6. The van der Waals surface area contributed by atoms with Gasteiger partial charge in [-0.25, -0.2) is 0 Å². The number of ether oxygens (including phenoxy) is 5. The highest BCUT2D eigenvalue weighted by Gasteiger charge is 2.48. The van der Waals surface area contributed by atoms with Crippen LogP contribution in [0.1, 0.15) is 23.6 Å². The summed E-state index contributed by atoms with van der Waals surface area (Å²) in [7, 11) is 0. The monoisotopic (exact) mass is 534 g/mol. The number of benzene rings is 3. The molecule has 0 N–H and O–H groups in total. The fraction of sp³-hybridized carbons (Fsp3) is 0.375. The highest BCUT2D eigenvalue weighted by Crippen LogP contribution is 2.35. The highest BCUT2D eigenvalue weighted by atomic mass is 32.2. The predicted molar refractivity (Wildman–Crippen MR) is 153 cm³/mol. The molecular weight excluding hydrogens is 496 g/mol. The molecule has 1 aliphatic rings. The molecule has 0 aromatic heterocycles. The smallest absolute Gasteiger partial charge is 0.132 e. The minimum Gasteiger partial charge on any atom is -0.374 e. The predicted octanol–water partition coefficient (Wildman–Crippen LogP) is 6.42. The molecule has 5 atom stereocenters. The van der Waals surface area contributed by atoms with Gasteiger partial charge >= 0.3 is 0 Å². The first-order valence-electron chi connectivity index (χ1n) is 13.2. The first kappa shape index (κ1) is 28.6. The molecule has 0 aliphatic carbocycles. The Kier molecular flexibility index (Phi) is 11.9. The molecule has 3 aromatic rings. The average molecular weight is 535 g/mol. The van der Waals surface area contributed by atoms with Gasteiger partial charge in [-0.1, -0.05) is 104 Å². The van der Waals surface area contributed by atoms with Crippen molar-refractivity contribution < 1.29 is 23.7 Å². The minimum absolute atomic E-state index is 0.222. The van der Waals surface area contributed by atoms with Crippen LogP contribution in [0.15, 0.2) is 104 Å². The zero-order chi connectivity index (χ0) is 26.4. The Morgan fingerprint density at radius 2 is 1.24 bits per heavy atom. The maximum absolute atomic E-state index is 6.66. The lowest BCUT2D eigenvalue weighted by Gasteiger charge is -2.46. The van der Waals surface area contributed by atoms with Gasteiger partial charge in [0, 0.05) is 0 Å². The lowest BCUT2D eigenvalue weighted by Crippen LogP contribution is -2.60. The summed E-state index contributed by atoms with van der Waals surface area (Å²) in [6.07, 6.45) is 0.369. The Bertz CT molecular complexity index is 1050. The van der Waals surface area contributed by atoms with Gasteiger partial charge in [0.1, 0.15) is 29.9 Å². The van der Waals surface area contributed by atoms with Gasteiger partial charge in [-0.2, -0.15) is 0 Å². The van der Waals surface area contributed by atoms with E-state index in [-0.39, 0.29) is 29.9 Å². The van der Waals surface area contributed by atoms with Crippen LogP contribution in [-0.2, 0) is 43.5 Å². The van der Waals surface area contributed by atoms with E-state index >= 15 is 0 Å². The van der Waals surface area contributed by atoms with Crippen LogP contribution in [0, 0.1) is 0 Å². The highest BCUT2D eigenvalue weighted by molar-refractivity contribution is 7.99. The first-order valence-corrected chi connectivity index (χ1v) is 14.3. The zero-order valence-corrected chi connectivity index (χ0v) is 22.8. The van der Waals surface area contributed by atoms with E-state index in [1.54, 1.807) is 17.8 Å². The van der Waals surface area contributed by atoms with Crippen molar-refractivity contribution in [1.29, 1.82) is 0 Å². The maximum atomic E-state index is 6.66. The summed E-state index contributed by atoms with van der Waals surface area (Å²) in [6.45, 7) is 8.18. The van der Waals surface area contributed by atoms with Crippen molar-refractivity contribution in [3.8, 4) is 0 Å². The average Bonchev–Trinajstić information content (AvgIpc) is 2.96. The van der Waals surface area contributed by atoms with Crippen LogP contribution in [0.25, 0.3) is 0 Å². The molecule has 1 aliphatic heterocycles. The summed E-state index contributed by atoms with van der Waals surface area (Å²) in [5.41, 5.74) is 3.09. The molecular formula is C32H38O5S. The van der Waals surface area contributed by atoms with E-state index in [4.69, 9.17) is 23.7 Å². The molecule has 1 heterocycles. The van der Waals surface area contributed by atoms with Gasteiger partial charge in [0.15, 0.2) is 0 Å². The van der Waals surface area contributed by atoms with Crippen LogP contribution in [-0.4, -0.2) is 48.8 Å². The van der Waals surface area contributed by atoms with E-state index in [9.17, 15) is 0 Å². The van der Waals surface area contributed by atoms with Crippen molar-refractivity contribution in [3.63, 3.8) is 0 Å². The van der Waals surface area contributed by atoms with Crippen molar-refractivity contribution in [2.45, 2.75) is 56.6 Å². The van der Waals surface area contributed by atoms with E-state index in [0.717, 1.165) is 22.4 Å². The van der Waals surface area contributed by atoms with E-state index < -0.39 is 0 Å². The summed E-state index contributed by atoms with van der Waals surface area (Å²) >= 11 is 1.72. The van der Waals surface area contributed by atoms with Gasteiger partial charge < -0.3 is 23.7 Å². The summed E-state index contributed by atoms with van der Waals surface area (Å²) < 4.78 is 32.3. The second-order valence-electron chi connectivity index (χ2n) is 9.11. The van der Waals surface area contributed by atoms with Gasteiger partial charge in [-0.05, 0) is 22.4 Å². The number of thioether (sulfide) groups is 1. The minimum atomic E-state index is -0.389. The van der Waals surface area contributed by atoms with Crippen LogP contribution < -0.4 is 0 Å². The lowest BCUT2D eigenvalue weighted by atomic mass is 9.99. The van der Waals surface area contributed by atoms with Crippen LogP contribution in [0.3, 0.4) is 0 Å². The Labute approximate surface area is 231 Å². The second kappa shape index (κ2) is 15.8. The van der Waals surface area contributed by atoms with Gasteiger partial charge in [0.05, 0.1) is 33.0 Å². The molecule has 3 aromatic carbocycles. The van der Waals surface area contributed by atoms with Crippen LogP contribution in [0.4, 0.5) is 0 Å². The van der Waals surface area contributed by atoms with Crippen molar-refractivity contribution >= 4 is 11.8 Å². The van der Waals surface area contributed by atoms with Crippen LogP contribution in [0.5, 0.6) is 0 Å². The SMILES string of the molecule is C=CCO[C@H]1[C@@H](OCc2ccccc2)[C@@H](COCc2ccccc2)O[C@@H](SCC)[C@@H]1OCc1ccccc1. The fourth-order valence-electron chi connectivity index (χ4n) is 4.46. The Balaban J connectivity index is 1.55. The van der Waals surface area contributed by atoms with E-state index in [0.29, 0.717) is 33.0 Å². The topological polar surface area (TPSA) is 46.2 Å². The Morgan fingerprint density at radius 3 is 1.76 bits per heavy atom. The van der Waals surface area contributed by atoms with Crippen molar-refractivity contribution in [2.75, 3.05) is 19.0 Å². The summed E-state index contributed by atoms with van der Waals surface area (Å²) in [4.78, 5) is 0. The lowest BCUT2D eigenvalue weighted by molar-refractivity contribution is -0.250. The molecule has 38 heavy (non-hydrogen) atoms. The quantitative estimate of drug-likeness (QED) is 0.210. The molecule has 0 bridgehead atoms. The molecule has 4 rings (SSSR count). The third kappa shape index (κ3) is 8.53. The molecule has 5 nitrogen and oxygen atoms in total. The third-order valence-corrected chi connectivity index (χ3v) is 7.33. The second-order valence-corrected chi connectivity index (χ2v) is 10.5. The largest absolute Gasteiger partial charge is 0.374 e. The molecule has 1 saturated heterocycles. The molecule has 202 valence electrons. The van der Waals surface area contributed by atoms with E-state index in [2.05, 4.69) is 49.9 Å². The van der Waals surface area contributed by atoms with Crippen molar-refractivity contribution in [3.05, 3.63) is 120 Å². The van der Waals surface area contributed by atoms with Crippen molar-refractivity contribution in [1.82, 2.24) is 0 Å². The number of hydrogen-bond donors (Lipinski definition) is 0. The third-order valence-electron chi connectivity index (χ3n) is 6.29. The van der Waals surface area contributed by atoms with Gasteiger partial charge in [0.2, 0.25) is 0 Å². The van der Waals surface area contributed by atoms with E-state index in [1.165, 1.54) is 0 Å². The first-order chi connectivity index (χ1) is 18.8. The molecule has 6 heteroatoms. The molecule has 0 saturated carbocycles. The number of rotatable bonds is 15. The molecule has 0 unspecified atom stereocenters. The van der Waals surface area contributed by atoms with Gasteiger partial charge in [-0.3, -0.25) is 0 Å². The maximum Gasteiger partial charge on any atom is 0.132 e. The Hall–Kier alpha value is -2.45. The van der Waals surface area contributed by atoms with Gasteiger partial charge in [0.25, 0.3) is 0 Å². The normalized spacial score (nSPS) is 23.2. The summed E-state index contributed by atoms with van der Waals surface area (Å²) in [6, 6.07) is 30.5. The Morgan fingerprint density at radius 1 is 0.711 bits per heavy atom. The summed E-state index contributed by atoms with van der Waals surface area (Å²) in [5.74, 6) is 0.886. The van der Waals surface area contributed by atoms with Crippen molar-refractivity contribution in [2.24, 2.45) is 0 Å².